The van der Waals surface area contributed by atoms with E-state index in [1.807, 2.05) is 7.05 Å². The number of nitrogens with zero attached hydrogens (tertiary/aromatic N) is 2. The van der Waals surface area contributed by atoms with Crippen LogP contribution >= 0.6 is 0 Å². The molecule has 4 nitrogen and oxygen atoms in total. The van der Waals surface area contributed by atoms with Gasteiger partial charge in [-0.1, -0.05) is 25.9 Å². The van der Waals surface area contributed by atoms with E-state index in [4.69, 9.17) is 4.52 Å². The third-order valence-corrected chi connectivity index (χ3v) is 2.79. The van der Waals surface area contributed by atoms with Gasteiger partial charge in [0.05, 0.1) is 0 Å². The molecule has 0 amide bonds. The SMILES string of the molecule is CNC(C)C(C)Cc1noc(C(C)C)n1. The first-order chi connectivity index (χ1) is 7.04. The van der Waals surface area contributed by atoms with Crippen LogP contribution in [0.15, 0.2) is 4.52 Å². The largest absolute Gasteiger partial charge is 0.339 e. The fourth-order valence-corrected chi connectivity index (χ4v) is 1.33. The van der Waals surface area contributed by atoms with E-state index in [0.717, 1.165) is 18.1 Å². The summed E-state index contributed by atoms with van der Waals surface area (Å²) in [6.45, 7) is 8.45. The Morgan fingerprint density at radius 2 is 1.93 bits per heavy atom. The first kappa shape index (κ1) is 12.2. The van der Waals surface area contributed by atoms with E-state index in [0.29, 0.717) is 17.9 Å². The molecule has 1 N–H and O–H groups in total. The molecule has 0 spiro atoms. The van der Waals surface area contributed by atoms with Crippen LogP contribution in [0, 0.1) is 5.92 Å². The summed E-state index contributed by atoms with van der Waals surface area (Å²) >= 11 is 0. The molecule has 0 aliphatic carbocycles. The Bertz CT molecular complexity index is 296. The second kappa shape index (κ2) is 5.26. The summed E-state index contributed by atoms with van der Waals surface area (Å²) in [6.07, 6.45) is 0.859. The highest BCUT2D eigenvalue weighted by Gasteiger charge is 2.15. The highest BCUT2D eigenvalue weighted by molar-refractivity contribution is 4.92. The number of hydrogen-bond donors (Lipinski definition) is 1. The van der Waals surface area contributed by atoms with Gasteiger partial charge in [-0.25, -0.2) is 0 Å². The summed E-state index contributed by atoms with van der Waals surface area (Å²) in [5.41, 5.74) is 0. The molecule has 1 heterocycles. The van der Waals surface area contributed by atoms with Crippen molar-refractivity contribution >= 4 is 0 Å². The zero-order valence-corrected chi connectivity index (χ0v) is 10.2. The minimum absolute atomic E-state index is 0.309. The Hall–Kier alpha value is -0.900. The fraction of sp³-hybridized carbons (Fsp3) is 0.818. The van der Waals surface area contributed by atoms with Crippen molar-refractivity contribution in [1.82, 2.24) is 15.5 Å². The van der Waals surface area contributed by atoms with E-state index < -0.39 is 0 Å². The van der Waals surface area contributed by atoms with Crippen molar-refractivity contribution < 1.29 is 4.52 Å². The molecular formula is C11H21N3O. The number of rotatable bonds is 5. The van der Waals surface area contributed by atoms with Crippen molar-refractivity contribution in [3.8, 4) is 0 Å². The maximum atomic E-state index is 5.16. The van der Waals surface area contributed by atoms with E-state index in [-0.39, 0.29) is 0 Å². The highest BCUT2D eigenvalue weighted by Crippen LogP contribution is 2.14. The number of nitrogens with one attached hydrogen (secondary N) is 1. The lowest BCUT2D eigenvalue weighted by molar-refractivity contribution is 0.353. The molecule has 1 aromatic rings. The van der Waals surface area contributed by atoms with Crippen molar-refractivity contribution in [3.63, 3.8) is 0 Å². The monoisotopic (exact) mass is 211 g/mol. The van der Waals surface area contributed by atoms with Crippen LogP contribution in [0.25, 0.3) is 0 Å². The lowest BCUT2D eigenvalue weighted by Crippen LogP contribution is -2.30. The van der Waals surface area contributed by atoms with E-state index in [2.05, 4.69) is 43.2 Å². The van der Waals surface area contributed by atoms with Gasteiger partial charge in [-0.05, 0) is 19.9 Å². The van der Waals surface area contributed by atoms with Crippen LogP contribution in [0.4, 0.5) is 0 Å². The van der Waals surface area contributed by atoms with Gasteiger partial charge in [-0.3, -0.25) is 0 Å². The predicted octanol–water partition coefficient (Wildman–Crippen LogP) is 1.98. The van der Waals surface area contributed by atoms with Gasteiger partial charge >= 0.3 is 0 Å². The molecule has 1 rings (SSSR count). The van der Waals surface area contributed by atoms with Crippen molar-refractivity contribution in [3.05, 3.63) is 11.7 Å². The van der Waals surface area contributed by atoms with Crippen molar-refractivity contribution in [2.45, 2.75) is 46.1 Å². The quantitative estimate of drug-likeness (QED) is 0.809. The summed E-state index contributed by atoms with van der Waals surface area (Å²) in [4.78, 5) is 4.36. The van der Waals surface area contributed by atoms with Crippen molar-refractivity contribution in [2.24, 2.45) is 5.92 Å². The summed E-state index contributed by atoms with van der Waals surface area (Å²) in [5.74, 6) is 2.36. The van der Waals surface area contributed by atoms with Gasteiger partial charge in [0.15, 0.2) is 5.82 Å². The van der Waals surface area contributed by atoms with Crippen LogP contribution in [-0.2, 0) is 6.42 Å². The minimum Gasteiger partial charge on any atom is -0.339 e. The molecule has 0 fully saturated rings. The lowest BCUT2D eigenvalue weighted by atomic mass is 10.00. The van der Waals surface area contributed by atoms with Crippen LogP contribution in [0.3, 0.4) is 0 Å². The van der Waals surface area contributed by atoms with E-state index in [1.54, 1.807) is 0 Å². The smallest absolute Gasteiger partial charge is 0.229 e. The van der Waals surface area contributed by atoms with Crippen LogP contribution < -0.4 is 5.32 Å². The molecule has 0 aromatic carbocycles. The Morgan fingerprint density at radius 1 is 1.27 bits per heavy atom. The minimum atomic E-state index is 0.309. The Labute approximate surface area is 91.5 Å². The molecular weight excluding hydrogens is 190 g/mol. The summed E-state index contributed by atoms with van der Waals surface area (Å²) in [6, 6.07) is 0.464. The average molecular weight is 211 g/mol. The van der Waals surface area contributed by atoms with Gasteiger partial charge in [0, 0.05) is 18.4 Å². The standard InChI is InChI=1S/C11H21N3O/c1-7(2)11-13-10(14-15-11)6-8(3)9(4)12-5/h7-9,12H,6H2,1-5H3. The molecule has 2 atom stereocenters. The van der Waals surface area contributed by atoms with Gasteiger partial charge in [0.2, 0.25) is 5.89 Å². The molecule has 4 heteroatoms. The Balaban J connectivity index is 2.57. The average Bonchev–Trinajstić information content (AvgIpc) is 2.65. The van der Waals surface area contributed by atoms with Crippen molar-refractivity contribution in [2.75, 3.05) is 7.05 Å². The summed E-state index contributed by atoms with van der Waals surface area (Å²) in [5, 5.41) is 7.21. The maximum absolute atomic E-state index is 5.16. The highest BCUT2D eigenvalue weighted by atomic mass is 16.5. The fourth-order valence-electron chi connectivity index (χ4n) is 1.33. The molecule has 0 radical (unpaired) electrons. The van der Waals surface area contributed by atoms with Gasteiger partial charge in [-0.2, -0.15) is 4.98 Å². The topological polar surface area (TPSA) is 51.0 Å². The number of hydrogen-bond acceptors (Lipinski definition) is 4. The van der Waals surface area contributed by atoms with E-state index >= 15 is 0 Å². The molecule has 0 aliphatic rings. The van der Waals surface area contributed by atoms with Crippen LogP contribution in [0.5, 0.6) is 0 Å². The first-order valence-electron chi connectivity index (χ1n) is 5.54. The molecule has 0 bridgehead atoms. The molecule has 2 unspecified atom stereocenters. The number of aromatic nitrogens is 2. The van der Waals surface area contributed by atoms with E-state index in [1.165, 1.54) is 0 Å². The molecule has 1 aromatic heterocycles. The van der Waals surface area contributed by atoms with Gasteiger partial charge in [0.25, 0.3) is 0 Å². The van der Waals surface area contributed by atoms with Crippen molar-refractivity contribution in [1.29, 1.82) is 0 Å². The second-order valence-corrected chi connectivity index (χ2v) is 4.46. The summed E-state index contributed by atoms with van der Waals surface area (Å²) < 4.78 is 5.16. The molecule has 0 saturated heterocycles. The normalized spacial score (nSPS) is 15.6. The third kappa shape index (κ3) is 3.30. The molecule has 0 saturated carbocycles. The molecule has 86 valence electrons. The second-order valence-electron chi connectivity index (χ2n) is 4.46. The zero-order chi connectivity index (χ0) is 11.4. The first-order valence-corrected chi connectivity index (χ1v) is 5.54. The summed E-state index contributed by atoms with van der Waals surface area (Å²) in [7, 11) is 1.97. The maximum Gasteiger partial charge on any atom is 0.229 e. The molecule has 0 aliphatic heterocycles. The lowest BCUT2D eigenvalue weighted by Gasteiger charge is -2.16. The van der Waals surface area contributed by atoms with Gasteiger partial charge < -0.3 is 9.84 Å². The zero-order valence-electron chi connectivity index (χ0n) is 10.2. The van der Waals surface area contributed by atoms with Gasteiger partial charge in [0.1, 0.15) is 0 Å². The predicted molar refractivity (Wildman–Crippen MR) is 59.8 cm³/mol. The Morgan fingerprint density at radius 3 is 2.40 bits per heavy atom. The van der Waals surface area contributed by atoms with Gasteiger partial charge in [-0.15, -0.1) is 0 Å². The molecule has 15 heavy (non-hydrogen) atoms. The Kier molecular flexibility index (Phi) is 4.27. The van der Waals surface area contributed by atoms with Crippen LogP contribution in [0.2, 0.25) is 0 Å². The van der Waals surface area contributed by atoms with E-state index in [9.17, 15) is 0 Å². The van der Waals surface area contributed by atoms with Crippen LogP contribution in [-0.4, -0.2) is 23.2 Å². The van der Waals surface area contributed by atoms with Crippen LogP contribution in [0.1, 0.15) is 45.3 Å². The third-order valence-electron chi connectivity index (χ3n) is 2.79.